The van der Waals surface area contributed by atoms with Gasteiger partial charge in [0.2, 0.25) is 0 Å². The third kappa shape index (κ3) is 2.97. The van der Waals surface area contributed by atoms with Gasteiger partial charge in [0.1, 0.15) is 5.82 Å². The summed E-state index contributed by atoms with van der Waals surface area (Å²) in [6.45, 7) is 1.96. The van der Waals surface area contributed by atoms with Gasteiger partial charge in [-0.15, -0.1) is 0 Å². The second kappa shape index (κ2) is 6.48. The van der Waals surface area contributed by atoms with E-state index in [1.807, 2.05) is 79.2 Å². The summed E-state index contributed by atoms with van der Waals surface area (Å²) in [7, 11) is 1.98. The highest BCUT2D eigenvalue weighted by Gasteiger charge is 2.09. The zero-order chi connectivity index (χ0) is 18.1. The van der Waals surface area contributed by atoms with Crippen LogP contribution in [0.5, 0.6) is 0 Å². The normalized spacial score (nSPS) is 10.8. The van der Waals surface area contributed by atoms with Crippen LogP contribution in [0.15, 0.2) is 72.8 Å². The zero-order valence-electron chi connectivity index (χ0n) is 14.7. The van der Waals surface area contributed by atoms with Crippen LogP contribution in [0, 0.1) is 6.92 Å². The molecule has 128 valence electrons. The van der Waals surface area contributed by atoms with Crippen molar-refractivity contribution in [1.29, 1.82) is 0 Å². The molecule has 1 amide bonds. The maximum absolute atomic E-state index is 12.5. The molecule has 4 rings (SSSR count). The van der Waals surface area contributed by atoms with E-state index in [2.05, 4.69) is 22.4 Å². The number of carbonyl (C=O) groups is 1. The molecule has 4 nitrogen and oxygen atoms in total. The smallest absolute Gasteiger partial charge is 0.255 e. The van der Waals surface area contributed by atoms with Crippen molar-refractivity contribution in [3.05, 3.63) is 84.2 Å². The summed E-state index contributed by atoms with van der Waals surface area (Å²) >= 11 is 0. The summed E-state index contributed by atoms with van der Waals surface area (Å²) in [5.41, 5.74) is 5.52. The highest BCUT2D eigenvalue weighted by Crippen LogP contribution is 2.22. The maximum atomic E-state index is 12.5. The van der Waals surface area contributed by atoms with Crippen LogP contribution in [0.3, 0.4) is 0 Å². The van der Waals surface area contributed by atoms with Gasteiger partial charge in [0, 0.05) is 18.3 Å². The number of imidazole rings is 1. The second-order valence-electron chi connectivity index (χ2n) is 6.32. The molecule has 0 fully saturated rings. The first-order valence-electron chi connectivity index (χ1n) is 8.52. The van der Waals surface area contributed by atoms with Gasteiger partial charge in [0.25, 0.3) is 5.91 Å². The van der Waals surface area contributed by atoms with Crippen LogP contribution in [-0.4, -0.2) is 15.5 Å². The Morgan fingerprint density at radius 2 is 1.62 bits per heavy atom. The number of nitrogens with zero attached hydrogens (tertiary/aromatic N) is 2. The van der Waals surface area contributed by atoms with Crippen molar-refractivity contribution in [2.45, 2.75) is 6.92 Å². The van der Waals surface area contributed by atoms with Crippen LogP contribution in [-0.2, 0) is 7.05 Å². The summed E-state index contributed by atoms with van der Waals surface area (Å²) in [5, 5.41) is 2.95. The minimum atomic E-state index is -0.128. The van der Waals surface area contributed by atoms with E-state index in [0.717, 1.165) is 33.7 Å². The maximum Gasteiger partial charge on any atom is 0.255 e. The summed E-state index contributed by atoms with van der Waals surface area (Å²) in [6.07, 6.45) is 0. The molecule has 1 N–H and O–H groups in total. The highest BCUT2D eigenvalue weighted by molar-refractivity contribution is 6.05. The number of aryl methyl sites for hydroxylation is 2. The fourth-order valence-electron chi connectivity index (χ4n) is 3.05. The molecular weight excluding hydrogens is 322 g/mol. The number of amides is 1. The number of hydrogen-bond acceptors (Lipinski definition) is 2. The molecule has 3 aromatic carbocycles. The van der Waals surface area contributed by atoms with Gasteiger partial charge < -0.3 is 9.88 Å². The molecule has 0 unspecified atom stereocenters. The fraction of sp³-hybridized carbons (Fsp3) is 0.0909. The monoisotopic (exact) mass is 341 g/mol. The number of fused-ring (bicyclic) bond motifs is 1. The van der Waals surface area contributed by atoms with E-state index in [-0.39, 0.29) is 5.91 Å². The van der Waals surface area contributed by atoms with E-state index in [0.29, 0.717) is 5.56 Å². The van der Waals surface area contributed by atoms with Crippen LogP contribution in [0.4, 0.5) is 5.69 Å². The van der Waals surface area contributed by atoms with Crippen LogP contribution >= 0.6 is 0 Å². The molecule has 0 radical (unpaired) electrons. The molecule has 26 heavy (non-hydrogen) atoms. The van der Waals surface area contributed by atoms with Crippen molar-refractivity contribution in [3.63, 3.8) is 0 Å². The Hall–Kier alpha value is -3.40. The van der Waals surface area contributed by atoms with E-state index < -0.39 is 0 Å². The van der Waals surface area contributed by atoms with Gasteiger partial charge in [-0.1, -0.05) is 42.5 Å². The first-order chi connectivity index (χ1) is 12.6. The Bertz CT molecular complexity index is 1080. The van der Waals surface area contributed by atoms with Crippen LogP contribution in [0.2, 0.25) is 0 Å². The fourth-order valence-corrected chi connectivity index (χ4v) is 3.05. The molecule has 0 aliphatic heterocycles. The number of nitrogens with one attached hydrogen (secondary N) is 1. The average Bonchev–Trinajstić information content (AvgIpc) is 2.96. The Morgan fingerprint density at radius 1 is 0.923 bits per heavy atom. The number of hydrogen-bond donors (Lipinski definition) is 1. The molecule has 0 spiro atoms. The Morgan fingerprint density at radius 3 is 2.35 bits per heavy atom. The van der Waals surface area contributed by atoms with Gasteiger partial charge in [-0.2, -0.15) is 0 Å². The molecule has 0 saturated heterocycles. The summed E-state index contributed by atoms with van der Waals surface area (Å²) in [6, 6.07) is 23.5. The summed E-state index contributed by atoms with van der Waals surface area (Å²) in [5.74, 6) is 0.816. The average molecular weight is 341 g/mol. The lowest BCUT2D eigenvalue weighted by Crippen LogP contribution is -2.11. The van der Waals surface area contributed by atoms with Crippen molar-refractivity contribution in [2.24, 2.45) is 7.05 Å². The molecule has 4 heteroatoms. The Kier molecular flexibility index (Phi) is 4.01. The first kappa shape index (κ1) is 16.1. The van der Waals surface area contributed by atoms with E-state index in [1.54, 1.807) is 0 Å². The predicted molar refractivity (Wildman–Crippen MR) is 105 cm³/mol. The number of benzene rings is 3. The lowest BCUT2D eigenvalue weighted by atomic mass is 10.0. The van der Waals surface area contributed by atoms with E-state index in [4.69, 9.17) is 0 Å². The molecule has 1 heterocycles. The molecule has 4 aromatic rings. The van der Waals surface area contributed by atoms with E-state index in [1.165, 1.54) is 0 Å². The number of carbonyl (C=O) groups excluding carboxylic acids is 1. The van der Waals surface area contributed by atoms with Crippen molar-refractivity contribution < 1.29 is 4.79 Å². The molecule has 0 saturated carbocycles. The lowest BCUT2D eigenvalue weighted by Gasteiger charge is -2.07. The molecule has 0 bridgehead atoms. The third-order valence-electron chi connectivity index (χ3n) is 4.62. The van der Waals surface area contributed by atoms with Gasteiger partial charge in [0.05, 0.1) is 11.0 Å². The number of anilines is 1. The highest BCUT2D eigenvalue weighted by atomic mass is 16.1. The SMILES string of the molecule is Cc1nc2cc(NC(=O)c3ccc(-c4ccccc4)cc3)ccc2n1C. The van der Waals surface area contributed by atoms with E-state index in [9.17, 15) is 4.79 Å². The predicted octanol–water partition coefficient (Wildman–Crippen LogP) is 4.80. The number of rotatable bonds is 3. The van der Waals surface area contributed by atoms with Gasteiger partial charge >= 0.3 is 0 Å². The second-order valence-corrected chi connectivity index (χ2v) is 6.32. The minimum absolute atomic E-state index is 0.128. The number of aromatic nitrogens is 2. The van der Waals surface area contributed by atoms with Gasteiger partial charge in [0.15, 0.2) is 0 Å². The lowest BCUT2D eigenvalue weighted by molar-refractivity contribution is 0.102. The molecular formula is C22H19N3O. The largest absolute Gasteiger partial charge is 0.331 e. The molecule has 1 aromatic heterocycles. The van der Waals surface area contributed by atoms with E-state index >= 15 is 0 Å². The quantitative estimate of drug-likeness (QED) is 0.582. The van der Waals surface area contributed by atoms with Crippen LogP contribution < -0.4 is 5.32 Å². The van der Waals surface area contributed by atoms with Crippen molar-refractivity contribution in [1.82, 2.24) is 9.55 Å². The van der Waals surface area contributed by atoms with Crippen molar-refractivity contribution >= 4 is 22.6 Å². The van der Waals surface area contributed by atoms with Crippen LogP contribution in [0.25, 0.3) is 22.2 Å². The summed E-state index contributed by atoms with van der Waals surface area (Å²) < 4.78 is 2.03. The Balaban J connectivity index is 1.54. The summed E-state index contributed by atoms with van der Waals surface area (Å²) in [4.78, 5) is 17.0. The first-order valence-corrected chi connectivity index (χ1v) is 8.52. The topological polar surface area (TPSA) is 46.9 Å². The van der Waals surface area contributed by atoms with Gasteiger partial charge in [-0.25, -0.2) is 4.98 Å². The molecule has 0 aliphatic rings. The van der Waals surface area contributed by atoms with Crippen molar-refractivity contribution in [3.8, 4) is 11.1 Å². The van der Waals surface area contributed by atoms with Gasteiger partial charge in [-0.05, 0) is 48.4 Å². The molecule has 0 atom stereocenters. The van der Waals surface area contributed by atoms with Gasteiger partial charge in [-0.3, -0.25) is 4.79 Å². The Labute approximate surface area is 152 Å². The van der Waals surface area contributed by atoms with Crippen LogP contribution in [0.1, 0.15) is 16.2 Å². The molecule has 0 aliphatic carbocycles. The van der Waals surface area contributed by atoms with Crippen molar-refractivity contribution in [2.75, 3.05) is 5.32 Å². The minimum Gasteiger partial charge on any atom is -0.331 e. The standard InChI is InChI=1S/C22H19N3O/c1-15-23-20-14-19(12-13-21(20)25(15)2)24-22(26)18-10-8-17(9-11-18)16-6-4-3-5-7-16/h3-14H,1-2H3,(H,24,26). The third-order valence-corrected chi connectivity index (χ3v) is 4.62. The zero-order valence-corrected chi connectivity index (χ0v) is 14.7.